The van der Waals surface area contributed by atoms with Crippen molar-refractivity contribution >= 4 is 17.2 Å². The maximum atomic E-state index is 13.3. The molecule has 3 rings (SSSR count). The summed E-state index contributed by atoms with van der Waals surface area (Å²) in [5.74, 6) is -0.238. The number of hydrogen-bond donors (Lipinski definition) is 0. The third-order valence-corrected chi connectivity index (χ3v) is 5.17. The molecular weight excluding hydrogens is 325 g/mol. The zero-order valence-electron chi connectivity index (χ0n) is 13.8. The van der Waals surface area contributed by atoms with Gasteiger partial charge in [-0.3, -0.25) is 9.69 Å². The average Bonchev–Trinajstić information content (AvgIpc) is 3.10. The van der Waals surface area contributed by atoms with Gasteiger partial charge in [-0.05, 0) is 43.6 Å². The molecule has 2 aromatic rings. The van der Waals surface area contributed by atoms with E-state index in [1.165, 1.54) is 18.6 Å². The van der Waals surface area contributed by atoms with Gasteiger partial charge in [0.2, 0.25) is 5.91 Å². The molecule has 1 saturated heterocycles. The van der Waals surface area contributed by atoms with E-state index in [0.717, 1.165) is 36.5 Å². The third-order valence-electron chi connectivity index (χ3n) is 4.41. The number of rotatable bonds is 5. The molecule has 2 heterocycles. The highest BCUT2D eigenvalue weighted by atomic mass is 32.1. The summed E-state index contributed by atoms with van der Waals surface area (Å²) in [5, 5.41) is 2.83. The number of nitrogens with zero attached hydrogens (tertiary/aromatic N) is 3. The quantitative estimate of drug-likeness (QED) is 0.831. The van der Waals surface area contributed by atoms with E-state index in [0.29, 0.717) is 6.54 Å². The van der Waals surface area contributed by atoms with Crippen LogP contribution in [-0.2, 0) is 11.3 Å². The molecule has 1 fully saturated rings. The Bertz CT molecular complexity index is 653. The van der Waals surface area contributed by atoms with Crippen LogP contribution in [0.2, 0.25) is 0 Å². The van der Waals surface area contributed by atoms with E-state index >= 15 is 0 Å². The molecule has 0 aliphatic carbocycles. The molecule has 0 bridgehead atoms. The number of likely N-dealkylation sites (tertiary alicyclic amines) is 1. The van der Waals surface area contributed by atoms with Gasteiger partial charge in [-0.1, -0.05) is 18.6 Å². The topological polar surface area (TPSA) is 36.4 Å². The first-order chi connectivity index (χ1) is 11.6. The number of piperidine rings is 1. The summed E-state index contributed by atoms with van der Waals surface area (Å²) in [5.41, 5.74) is 0.856. The number of amides is 1. The fourth-order valence-electron chi connectivity index (χ4n) is 3.15. The van der Waals surface area contributed by atoms with Gasteiger partial charge in [0, 0.05) is 18.6 Å². The van der Waals surface area contributed by atoms with E-state index in [4.69, 9.17) is 0 Å². The lowest BCUT2D eigenvalue weighted by molar-refractivity contribution is -0.137. The number of likely N-dealkylation sites (N-methyl/N-ethyl adjacent to an activating group) is 1. The molecule has 0 N–H and O–H groups in total. The molecule has 128 valence electrons. The van der Waals surface area contributed by atoms with Crippen molar-refractivity contribution in [3.63, 3.8) is 0 Å². The minimum Gasteiger partial charge on any atom is -0.337 e. The highest BCUT2D eigenvalue weighted by Crippen LogP contribution is 2.27. The van der Waals surface area contributed by atoms with Crippen molar-refractivity contribution in [2.45, 2.75) is 31.8 Å². The maximum absolute atomic E-state index is 13.3. The van der Waals surface area contributed by atoms with Crippen molar-refractivity contribution in [1.29, 1.82) is 0 Å². The molecule has 1 aliphatic rings. The van der Waals surface area contributed by atoms with Crippen molar-refractivity contribution in [3.8, 4) is 0 Å². The summed E-state index contributed by atoms with van der Waals surface area (Å²) in [6.07, 6.45) is 5.15. The summed E-state index contributed by atoms with van der Waals surface area (Å²) < 4.78 is 13.3. The van der Waals surface area contributed by atoms with Crippen LogP contribution in [0.4, 0.5) is 4.39 Å². The molecule has 1 aromatic carbocycles. The van der Waals surface area contributed by atoms with Crippen LogP contribution in [0.3, 0.4) is 0 Å². The lowest BCUT2D eigenvalue weighted by Crippen LogP contribution is -2.43. The van der Waals surface area contributed by atoms with Gasteiger partial charge >= 0.3 is 0 Å². The Morgan fingerprint density at radius 2 is 2.00 bits per heavy atom. The van der Waals surface area contributed by atoms with Crippen LogP contribution in [0, 0.1) is 5.82 Å². The van der Waals surface area contributed by atoms with Gasteiger partial charge < -0.3 is 4.90 Å². The smallest absolute Gasteiger partial charge is 0.244 e. The Labute approximate surface area is 145 Å². The molecule has 0 radical (unpaired) electrons. The van der Waals surface area contributed by atoms with E-state index in [2.05, 4.69) is 9.88 Å². The molecule has 4 nitrogen and oxygen atoms in total. The van der Waals surface area contributed by atoms with Crippen molar-refractivity contribution in [1.82, 2.24) is 14.8 Å². The molecule has 24 heavy (non-hydrogen) atoms. The molecule has 1 amide bonds. The fraction of sp³-hybridized carbons (Fsp3) is 0.444. The Balaban J connectivity index is 1.82. The summed E-state index contributed by atoms with van der Waals surface area (Å²) in [4.78, 5) is 21.3. The van der Waals surface area contributed by atoms with Crippen LogP contribution >= 0.6 is 11.3 Å². The molecule has 1 unspecified atom stereocenters. The zero-order valence-corrected chi connectivity index (χ0v) is 14.6. The molecule has 0 saturated carbocycles. The van der Waals surface area contributed by atoms with E-state index < -0.39 is 0 Å². The van der Waals surface area contributed by atoms with E-state index in [9.17, 15) is 9.18 Å². The molecule has 1 aliphatic heterocycles. The minimum absolute atomic E-state index is 0.0405. The lowest BCUT2D eigenvalue weighted by Gasteiger charge is -2.35. The second-order valence-corrected chi connectivity index (χ2v) is 7.15. The van der Waals surface area contributed by atoms with Gasteiger partial charge in [-0.2, -0.15) is 0 Å². The Hall–Kier alpha value is -1.79. The summed E-state index contributed by atoms with van der Waals surface area (Å²) in [7, 11) is 1.81. The van der Waals surface area contributed by atoms with Crippen molar-refractivity contribution in [2.24, 2.45) is 0 Å². The van der Waals surface area contributed by atoms with Crippen molar-refractivity contribution in [2.75, 3.05) is 20.1 Å². The van der Waals surface area contributed by atoms with Crippen LogP contribution in [0.1, 0.15) is 35.9 Å². The number of aromatic nitrogens is 1. The molecule has 1 aromatic heterocycles. The largest absolute Gasteiger partial charge is 0.337 e. The number of halogens is 1. The Morgan fingerprint density at radius 1 is 1.29 bits per heavy atom. The van der Waals surface area contributed by atoms with Gasteiger partial charge in [-0.25, -0.2) is 9.37 Å². The first kappa shape index (κ1) is 17.0. The predicted molar refractivity (Wildman–Crippen MR) is 93.2 cm³/mol. The Kier molecular flexibility index (Phi) is 5.58. The highest BCUT2D eigenvalue weighted by Gasteiger charge is 2.31. The second kappa shape index (κ2) is 7.85. The van der Waals surface area contributed by atoms with Gasteiger partial charge in [0.25, 0.3) is 0 Å². The van der Waals surface area contributed by atoms with E-state index in [1.807, 2.05) is 12.4 Å². The van der Waals surface area contributed by atoms with Crippen LogP contribution in [-0.4, -0.2) is 40.8 Å². The summed E-state index contributed by atoms with van der Waals surface area (Å²) in [6, 6.07) is 5.96. The maximum Gasteiger partial charge on any atom is 0.244 e. The Morgan fingerprint density at radius 3 is 2.62 bits per heavy atom. The van der Waals surface area contributed by atoms with Gasteiger partial charge in [0.15, 0.2) is 0 Å². The molecule has 1 atom stereocenters. The predicted octanol–water partition coefficient (Wildman–Crippen LogP) is 3.47. The normalized spacial score (nSPS) is 16.8. The number of carbonyl (C=O) groups is 1. The lowest BCUT2D eigenvalue weighted by atomic mass is 10.0. The standard InChI is InChI=1S/C18H22FN3OS/c1-21(13-16-20-9-12-24-16)18(23)17(22-10-3-2-4-11-22)14-5-7-15(19)8-6-14/h5-9,12,17H,2-4,10-11,13H2,1H3. The van der Waals surface area contributed by atoms with Crippen LogP contribution in [0.5, 0.6) is 0 Å². The van der Waals surface area contributed by atoms with Crippen molar-refractivity contribution < 1.29 is 9.18 Å². The van der Waals surface area contributed by atoms with Crippen LogP contribution < -0.4 is 0 Å². The average molecular weight is 347 g/mol. The number of carbonyl (C=O) groups excluding carboxylic acids is 1. The fourth-order valence-corrected chi connectivity index (χ4v) is 3.82. The van der Waals surface area contributed by atoms with E-state index in [1.54, 1.807) is 34.6 Å². The summed E-state index contributed by atoms with van der Waals surface area (Å²) in [6.45, 7) is 2.31. The first-order valence-electron chi connectivity index (χ1n) is 8.28. The monoisotopic (exact) mass is 347 g/mol. The molecular formula is C18H22FN3OS. The van der Waals surface area contributed by atoms with Gasteiger partial charge in [0.1, 0.15) is 16.9 Å². The van der Waals surface area contributed by atoms with Crippen molar-refractivity contribution in [3.05, 3.63) is 52.2 Å². The van der Waals surface area contributed by atoms with Gasteiger partial charge in [0.05, 0.1) is 6.54 Å². The number of hydrogen-bond acceptors (Lipinski definition) is 4. The van der Waals surface area contributed by atoms with Crippen LogP contribution in [0.25, 0.3) is 0 Å². The summed E-state index contributed by atoms with van der Waals surface area (Å²) >= 11 is 1.55. The SMILES string of the molecule is CN(Cc1nccs1)C(=O)C(c1ccc(F)cc1)N1CCCCC1. The zero-order chi connectivity index (χ0) is 16.9. The second-order valence-electron chi connectivity index (χ2n) is 6.17. The molecule has 0 spiro atoms. The first-order valence-corrected chi connectivity index (χ1v) is 9.16. The highest BCUT2D eigenvalue weighted by molar-refractivity contribution is 7.09. The number of benzene rings is 1. The molecule has 6 heteroatoms. The number of thiazole rings is 1. The van der Waals surface area contributed by atoms with Crippen LogP contribution in [0.15, 0.2) is 35.8 Å². The van der Waals surface area contributed by atoms with E-state index in [-0.39, 0.29) is 17.8 Å². The van der Waals surface area contributed by atoms with Gasteiger partial charge in [-0.15, -0.1) is 11.3 Å². The third kappa shape index (κ3) is 3.99. The minimum atomic E-state index is -0.351.